The Hall–Kier alpha value is -10.8. The summed E-state index contributed by atoms with van der Waals surface area (Å²) in [5, 5.41) is 77.4. The van der Waals surface area contributed by atoms with Gasteiger partial charge in [0, 0.05) is 49.2 Å². The van der Waals surface area contributed by atoms with Crippen molar-refractivity contribution in [3.63, 3.8) is 0 Å². The number of primary amides is 4. The fourth-order valence-electron chi connectivity index (χ4n) is 13.8. The number of carbonyl (C=O) groups excluding carboxylic acids is 20. The minimum atomic E-state index is -2.01. The van der Waals surface area contributed by atoms with Crippen LogP contribution in [0.5, 0.6) is 0 Å². The van der Waals surface area contributed by atoms with E-state index in [1.807, 2.05) is 0 Å². The second-order valence-electron chi connectivity index (χ2n) is 33.4. The summed E-state index contributed by atoms with van der Waals surface area (Å²) >= 11 is 0. The second-order valence-corrected chi connectivity index (χ2v) is 38.5. The lowest BCUT2D eigenvalue weighted by Gasteiger charge is -2.31. The third-order valence-electron chi connectivity index (χ3n) is 21.3. The molecule has 3 unspecified atom stereocenters. The molecule has 20 amide bonds. The third-order valence-corrected chi connectivity index (χ3v) is 26.2. The summed E-state index contributed by atoms with van der Waals surface area (Å²) in [5.74, 6) is -25.2. The molecular formula is C78H136N28O22S4. The van der Waals surface area contributed by atoms with Gasteiger partial charge in [-0.15, -0.1) is 0 Å². The van der Waals surface area contributed by atoms with Gasteiger partial charge in [-0.25, -0.2) is 0 Å². The average Bonchev–Trinajstić information content (AvgIpc) is 1.66. The minimum absolute atomic E-state index is 0.00979. The number of rotatable bonds is 34. The molecule has 0 aromatic heterocycles. The molecule has 0 radical (unpaired) electrons. The Morgan fingerprint density at radius 1 is 0.409 bits per heavy atom. The number of nitrogens with one attached hydrogen (secondary N) is 18. The average molecular weight is 1950 g/mol. The van der Waals surface area contributed by atoms with Crippen molar-refractivity contribution in [2.75, 3.05) is 62.3 Å². The molecule has 0 aliphatic carbocycles. The van der Waals surface area contributed by atoms with Crippen LogP contribution < -0.4 is 131 Å². The maximum absolute atomic E-state index is 15.1. The number of aliphatic hydroxyl groups excluding tert-OH is 2. The van der Waals surface area contributed by atoms with Crippen molar-refractivity contribution in [1.82, 2.24) is 94.9 Å². The molecule has 0 aromatic carbocycles. The van der Waals surface area contributed by atoms with Crippen molar-refractivity contribution in [3.8, 4) is 0 Å². The summed E-state index contributed by atoms with van der Waals surface area (Å²) in [5.41, 5.74) is 45.7. The predicted octanol–water partition coefficient (Wildman–Crippen LogP) is -10.4. The van der Waals surface area contributed by atoms with Gasteiger partial charge in [0.05, 0.1) is 50.2 Å². The molecule has 36 N–H and O–H groups in total. The monoisotopic (exact) mass is 1940 g/mol. The summed E-state index contributed by atoms with van der Waals surface area (Å²) in [6, 6.07) is -25.8. The van der Waals surface area contributed by atoms with Crippen LogP contribution in [0.3, 0.4) is 0 Å². The van der Waals surface area contributed by atoms with Gasteiger partial charge in [0.25, 0.3) is 0 Å². The molecular weight excluding hydrogens is 1810 g/mol. The van der Waals surface area contributed by atoms with Crippen molar-refractivity contribution < 1.29 is 106 Å². The SMILES string of the molecule is CC[C@H](C)[C@@H]1NC(=O)[C@H](CC(C)C)NC(=O)[C@@H](N)CSSC[C@@H](C(=O)N2CCC[C@H]2C(=O)N[C@@H](CCCNC(=N)N)C(=O)NCC(N)=O)NC(=O)C(CC(N)=O)NC(=O)[C@H]([C@@H](C)O)NC(=O)[C@H]([C@@H](C)CC)NC(=O)[C@H](CC(C)C)NC(=O)[C@@H](N)CSSCC(C(=O)N2CCC[C@H]2C(=O)N[C@@H](CCCNC(=N)N)C(=O)NCC(N)=O)NC(=O)[C@H](CC(N)=O)NC(=O)C([C@@H](C)O)NC1=O. The molecule has 3 heterocycles. The van der Waals surface area contributed by atoms with Crippen LogP contribution in [0.1, 0.15) is 159 Å². The lowest BCUT2D eigenvalue weighted by atomic mass is 9.96. The highest BCUT2D eigenvalue weighted by molar-refractivity contribution is 8.77. The minimum Gasteiger partial charge on any atom is -0.391 e. The van der Waals surface area contributed by atoms with Gasteiger partial charge in [-0.3, -0.25) is 107 Å². The Kier molecular flexibility index (Phi) is 50.9. The van der Waals surface area contributed by atoms with Gasteiger partial charge in [0.2, 0.25) is 118 Å². The zero-order valence-corrected chi connectivity index (χ0v) is 79.1. The Morgan fingerprint density at radius 3 is 1.01 bits per heavy atom. The molecule has 0 aromatic rings. The summed E-state index contributed by atoms with van der Waals surface area (Å²) in [6.45, 7) is 14.0. The van der Waals surface area contributed by atoms with Crippen LogP contribution >= 0.6 is 43.2 Å². The second kappa shape index (κ2) is 58.3. The molecule has 3 fully saturated rings. The van der Waals surface area contributed by atoms with Crippen LogP contribution in [0.15, 0.2) is 0 Å². The number of likely N-dealkylation sites (tertiary alicyclic amines) is 2. The first kappa shape index (κ1) is 115. The lowest BCUT2D eigenvalue weighted by Crippen LogP contribution is -2.63. The van der Waals surface area contributed by atoms with Crippen molar-refractivity contribution in [3.05, 3.63) is 0 Å². The van der Waals surface area contributed by atoms with E-state index in [1.165, 1.54) is 0 Å². The number of hydrogen-bond acceptors (Lipinski definition) is 30. The predicted molar refractivity (Wildman–Crippen MR) is 490 cm³/mol. The van der Waals surface area contributed by atoms with Gasteiger partial charge in [0.15, 0.2) is 11.9 Å². The van der Waals surface area contributed by atoms with Crippen LogP contribution in [-0.4, -0.2) is 321 Å². The van der Waals surface area contributed by atoms with E-state index in [-0.39, 0.29) is 138 Å². The van der Waals surface area contributed by atoms with E-state index in [0.717, 1.165) is 66.8 Å². The summed E-state index contributed by atoms with van der Waals surface area (Å²) in [6.07, 6.45) is -5.03. The first-order chi connectivity index (χ1) is 61.9. The normalized spacial score (nSPS) is 25.4. The number of nitrogens with zero attached hydrogens (tertiary/aromatic N) is 2. The molecule has 744 valence electrons. The fourth-order valence-corrected chi connectivity index (χ4v) is 18.3. The Bertz CT molecular complexity index is 3800. The van der Waals surface area contributed by atoms with E-state index >= 15 is 9.59 Å². The molecule has 20 atom stereocenters. The van der Waals surface area contributed by atoms with E-state index in [0.29, 0.717) is 0 Å². The standard InChI is InChI=1S/C78H136N28O22S4/c1-11-37(7)57-71(123)103-59(39(9)107)73(125)97-47(27-53(81)109)65(117)99-49(75(127)105-23-15-19-51(105)69(121)93-43(17-13-21-89-77(85)86)63(115)91-29-55(83)111)33-132-130-32-42(80)62(114)96-46(26-36(5)6)68(120)102-58(38(8)12-2)72(124)104-60(40(10)108)74(126)98-48(28-54(82)110)66(118)100-50(34-131-129-31-41(79)61(113)95-45(25-35(3)4)67(119)101-57)76(128)106-24-16-20-52(106)70(122)94-44(18-14-22-90-78(87)88)64(116)92-30-56(84)112/h35-52,57-60,107-108H,11-34,79-80H2,1-10H3,(H2,81,109)(H2,82,110)(H2,83,111)(H2,84,112)(H,91,115)(H,92,116)(H,93,121)(H,94,122)(H,95,113)(H,96,114)(H,97,125)(H,98,126)(H,99,117)(H,100,118)(H,101,119)(H,102,120)(H,103,123)(H,104,124)(H4,85,86,89)(H4,87,88,90)/t37-,38-,39+,40+,41-,42-,43-,44-,45-,46-,47-,48?,49?,50-,51-,52-,57-,58-,59?,60-/m0/s1. The molecule has 0 spiro atoms. The van der Waals surface area contributed by atoms with Crippen molar-refractivity contribution in [2.45, 2.75) is 268 Å². The van der Waals surface area contributed by atoms with E-state index < -0.39 is 276 Å². The first-order valence-electron chi connectivity index (χ1n) is 43.4. The molecule has 3 saturated heterocycles. The Morgan fingerprint density at radius 2 is 0.712 bits per heavy atom. The topological polar surface area (TPSA) is 837 Å². The number of carbonyl (C=O) groups is 20. The lowest BCUT2D eigenvalue weighted by molar-refractivity contribution is -0.142. The van der Waals surface area contributed by atoms with E-state index in [2.05, 4.69) is 85.1 Å². The number of amides is 20. The molecule has 0 saturated carbocycles. The van der Waals surface area contributed by atoms with Gasteiger partial charge < -0.3 is 151 Å². The molecule has 50 nitrogen and oxygen atoms in total. The van der Waals surface area contributed by atoms with E-state index in [9.17, 15) is 96.5 Å². The zero-order valence-electron chi connectivity index (χ0n) is 75.9. The number of guanidine groups is 2. The summed E-state index contributed by atoms with van der Waals surface area (Å²) in [4.78, 5) is 283. The molecule has 0 bridgehead atoms. The number of hydrogen-bond donors (Lipinski definition) is 28. The summed E-state index contributed by atoms with van der Waals surface area (Å²) in [7, 11) is 3.41. The van der Waals surface area contributed by atoms with Gasteiger partial charge in [-0.2, -0.15) is 0 Å². The molecule has 3 rings (SSSR count). The molecule has 54 heteroatoms. The quantitative estimate of drug-likeness (QED) is 0.0123. The van der Waals surface area contributed by atoms with Gasteiger partial charge in [-0.1, -0.05) is 111 Å². The first-order valence-corrected chi connectivity index (χ1v) is 48.4. The zero-order chi connectivity index (χ0) is 99.7. The third kappa shape index (κ3) is 40.3. The Balaban J connectivity index is 2.29. The van der Waals surface area contributed by atoms with Crippen LogP contribution in [0.2, 0.25) is 0 Å². The van der Waals surface area contributed by atoms with Crippen LogP contribution in [0.4, 0.5) is 0 Å². The van der Waals surface area contributed by atoms with Crippen molar-refractivity contribution >= 4 is 173 Å². The maximum atomic E-state index is 15.1. The van der Waals surface area contributed by atoms with Crippen LogP contribution in [-0.2, 0) is 95.9 Å². The highest BCUT2D eigenvalue weighted by Crippen LogP contribution is 2.29. The van der Waals surface area contributed by atoms with E-state index in [4.69, 9.17) is 56.7 Å². The largest absolute Gasteiger partial charge is 0.391 e. The summed E-state index contributed by atoms with van der Waals surface area (Å²) < 4.78 is 0. The molecule has 3 aliphatic rings. The van der Waals surface area contributed by atoms with Crippen molar-refractivity contribution in [2.24, 2.45) is 69.5 Å². The van der Waals surface area contributed by atoms with Crippen LogP contribution in [0, 0.1) is 34.5 Å². The highest BCUT2D eigenvalue weighted by Gasteiger charge is 2.45. The van der Waals surface area contributed by atoms with E-state index in [1.54, 1.807) is 55.4 Å². The Labute approximate surface area is 780 Å². The number of nitrogens with two attached hydrogens (primary N) is 8. The maximum Gasteiger partial charge on any atom is 0.246 e. The fraction of sp³-hybridized carbons (Fsp3) is 0.718. The van der Waals surface area contributed by atoms with Gasteiger partial charge in [0.1, 0.15) is 84.6 Å². The van der Waals surface area contributed by atoms with Crippen LogP contribution in [0.25, 0.3) is 0 Å². The van der Waals surface area contributed by atoms with Gasteiger partial charge in [-0.05, 0) is 102 Å². The number of aliphatic hydroxyl groups is 2. The molecule has 3 aliphatic heterocycles. The highest BCUT2D eigenvalue weighted by atomic mass is 33.1. The van der Waals surface area contributed by atoms with Crippen molar-refractivity contribution in [1.29, 1.82) is 10.8 Å². The smallest absolute Gasteiger partial charge is 0.246 e. The molecule has 132 heavy (non-hydrogen) atoms. The van der Waals surface area contributed by atoms with Gasteiger partial charge >= 0.3 is 0 Å².